The summed E-state index contributed by atoms with van der Waals surface area (Å²) in [5.74, 6) is 0.847. The van der Waals surface area contributed by atoms with Gasteiger partial charge in [0.15, 0.2) is 0 Å². The van der Waals surface area contributed by atoms with Crippen LogP contribution in [0, 0.1) is 5.92 Å². The standard InChI is InChI=1S/C14H30N2/c1-4-9-15-10-5-11-16(14-6-7-14)12-8-13(2)3/h13-15H,4-12H2,1-3H3. The van der Waals surface area contributed by atoms with Crippen molar-refractivity contribution in [3.05, 3.63) is 0 Å². The fourth-order valence-corrected chi connectivity index (χ4v) is 2.05. The lowest BCUT2D eigenvalue weighted by Gasteiger charge is -2.22. The van der Waals surface area contributed by atoms with Crippen molar-refractivity contribution in [1.82, 2.24) is 10.2 Å². The molecule has 0 unspecified atom stereocenters. The van der Waals surface area contributed by atoms with Gasteiger partial charge in [0.25, 0.3) is 0 Å². The zero-order valence-electron chi connectivity index (χ0n) is 11.5. The highest BCUT2D eigenvalue weighted by Gasteiger charge is 2.27. The molecule has 0 radical (unpaired) electrons. The summed E-state index contributed by atoms with van der Waals surface area (Å²) in [4.78, 5) is 2.72. The number of rotatable bonds is 10. The van der Waals surface area contributed by atoms with Crippen molar-refractivity contribution in [2.45, 2.75) is 58.9 Å². The molecule has 0 saturated heterocycles. The van der Waals surface area contributed by atoms with Crippen LogP contribution in [0.25, 0.3) is 0 Å². The first-order chi connectivity index (χ1) is 7.74. The Bertz CT molecular complexity index is 164. The Kier molecular flexibility index (Phi) is 7.06. The minimum Gasteiger partial charge on any atom is -0.317 e. The summed E-state index contributed by atoms with van der Waals surface area (Å²) in [6.45, 7) is 11.9. The van der Waals surface area contributed by atoms with Crippen LogP contribution in [0.15, 0.2) is 0 Å². The maximum Gasteiger partial charge on any atom is 0.00964 e. The molecule has 2 nitrogen and oxygen atoms in total. The molecule has 0 spiro atoms. The topological polar surface area (TPSA) is 15.3 Å². The Balaban J connectivity index is 2.04. The van der Waals surface area contributed by atoms with Gasteiger partial charge in [0, 0.05) is 6.04 Å². The van der Waals surface area contributed by atoms with Gasteiger partial charge in [-0.05, 0) is 64.2 Å². The summed E-state index contributed by atoms with van der Waals surface area (Å²) in [6.07, 6.45) is 6.81. The molecular formula is C14H30N2. The van der Waals surface area contributed by atoms with Gasteiger partial charge in [-0.2, -0.15) is 0 Å². The van der Waals surface area contributed by atoms with Gasteiger partial charge in [0.1, 0.15) is 0 Å². The second-order valence-electron chi connectivity index (χ2n) is 5.55. The van der Waals surface area contributed by atoms with Crippen LogP contribution in [-0.4, -0.2) is 37.1 Å². The number of nitrogens with zero attached hydrogens (tertiary/aromatic N) is 1. The normalized spacial score (nSPS) is 16.3. The van der Waals surface area contributed by atoms with E-state index in [1.165, 1.54) is 58.3 Å². The third-order valence-electron chi connectivity index (χ3n) is 3.28. The maximum atomic E-state index is 3.49. The highest BCUT2D eigenvalue weighted by Crippen LogP contribution is 2.27. The van der Waals surface area contributed by atoms with Gasteiger partial charge in [0.2, 0.25) is 0 Å². The van der Waals surface area contributed by atoms with Crippen LogP contribution < -0.4 is 5.32 Å². The summed E-state index contributed by atoms with van der Waals surface area (Å²) in [5, 5.41) is 3.49. The average Bonchev–Trinajstić information content (AvgIpc) is 3.05. The number of hydrogen-bond acceptors (Lipinski definition) is 2. The van der Waals surface area contributed by atoms with Crippen LogP contribution in [-0.2, 0) is 0 Å². The Hall–Kier alpha value is -0.0800. The van der Waals surface area contributed by atoms with Gasteiger partial charge in [-0.3, -0.25) is 0 Å². The molecule has 0 atom stereocenters. The van der Waals surface area contributed by atoms with E-state index in [9.17, 15) is 0 Å². The monoisotopic (exact) mass is 226 g/mol. The van der Waals surface area contributed by atoms with E-state index in [4.69, 9.17) is 0 Å². The van der Waals surface area contributed by atoms with Crippen LogP contribution in [0.5, 0.6) is 0 Å². The fraction of sp³-hybridized carbons (Fsp3) is 1.00. The van der Waals surface area contributed by atoms with E-state index in [1.807, 2.05) is 0 Å². The van der Waals surface area contributed by atoms with Gasteiger partial charge >= 0.3 is 0 Å². The second kappa shape index (κ2) is 8.08. The van der Waals surface area contributed by atoms with E-state index in [0.29, 0.717) is 0 Å². The first-order valence-corrected chi connectivity index (χ1v) is 7.18. The summed E-state index contributed by atoms with van der Waals surface area (Å²) in [7, 11) is 0. The lowest BCUT2D eigenvalue weighted by molar-refractivity contribution is 0.244. The molecule has 1 aliphatic rings. The molecule has 16 heavy (non-hydrogen) atoms. The molecule has 1 N–H and O–H groups in total. The third kappa shape index (κ3) is 6.49. The van der Waals surface area contributed by atoms with Crippen LogP contribution in [0.4, 0.5) is 0 Å². The first-order valence-electron chi connectivity index (χ1n) is 7.18. The molecule has 0 amide bonds. The molecule has 0 heterocycles. The third-order valence-corrected chi connectivity index (χ3v) is 3.28. The molecule has 96 valence electrons. The van der Waals surface area contributed by atoms with E-state index >= 15 is 0 Å². The molecule has 0 aromatic carbocycles. The number of hydrogen-bond donors (Lipinski definition) is 1. The van der Waals surface area contributed by atoms with Gasteiger partial charge in [0.05, 0.1) is 0 Å². The SMILES string of the molecule is CCCNCCCN(CCC(C)C)C1CC1. The Labute approximate surface area is 102 Å². The van der Waals surface area contributed by atoms with Gasteiger partial charge in [-0.1, -0.05) is 20.8 Å². The lowest BCUT2D eigenvalue weighted by Crippen LogP contribution is -2.31. The predicted octanol–water partition coefficient (Wildman–Crippen LogP) is 2.89. The fourth-order valence-electron chi connectivity index (χ4n) is 2.05. The zero-order chi connectivity index (χ0) is 11.8. The molecule has 1 rings (SSSR count). The largest absolute Gasteiger partial charge is 0.317 e. The van der Waals surface area contributed by atoms with Crippen molar-refractivity contribution < 1.29 is 0 Å². The van der Waals surface area contributed by atoms with E-state index < -0.39 is 0 Å². The van der Waals surface area contributed by atoms with Crippen molar-refractivity contribution in [2.24, 2.45) is 5.92 Å². The average molecular weight is 226 g/mol. The molecule has 1 fully saturated rings. The molecular weight excluding hydrogens is 196 g/mol. The van der Waals surface area contributed by atoms with E-state index in [1.54, 1.807) is 0 Å². The smallest absolute Gasteiger partial charge is 0.00964 e. The van der Waals surface area contributed by atoms with E-state index in [-0.39, 0.29) is 0 Å². The Morgan fingerprint density at radius 3 is 2.50 bits per heavy atom. The number of nitrogens with one attached hydrogen (secondary N) is 1. The van der Waals surface area contributed by atoms with Crippen molar-refractivity contribution in [1.29, 1.82) is 0 Å². The molecule has 0 aliphatic heterocycles. The van der Waals surface area contributed by atoms with Crippen molar-refractivity contribution in [2.75, 3.05) is 26.2 Å². The summed E-state index contributed by atoms with van der Waals surface area (Å²) < 4.78 is 0. The van der Waals surface area contributed by atoms with Crippen LogP contribution >= 0.6 is 0 Å². The van der Waals surface area contributed by atoms with Gasteiger partial charge in [-0.15, -0.1) is 0 Å². The van der Waals surface area contributed by atoms with Gasteiger partial charge in [-0.25, -0.2) is 0 Å². The minimum absolute atomic E-state index is 0.847. The minimum atomic E-state index is 0.847. The summed E-state index contributed by atoms with van der Waals surface area (Å²) in [6, 6.07) is 0.935. The van der Waals surface area contributed by atoms with Crippen molar-refractivity contribution >= 4 is 0 Å². The van der Waals surface area contributed by atoms with E-state index in [0.717, 1.165) is 12.0 Å². The lowest BCUT2D eigenvalue weighted by atomic mass is 10.1. The van der Waals surface area contributed by atoms with Crippen LogP contribution in [0.3, 0.4) is 0 Å². The predicted molar refractivity (Wildman–Crippen MR) is 71.8 cm³/mol. The van der Waals surface area contributed by atoms with Crippen LogP contribution in [0.1, 0.15) is 52.9 Å². The second-order valence-corrected chi connectivity index (χ2v) is 5.55. The quantitative estimate of drug-likeness (QED) is 0.576. The Morgan fingerprint density at radius 2 is 1.94 bits per heavy atom. The molecule has 0 aromatic rings. The zero-order valence-corrected chi connectivity index (χ0v) is 11.5. The maximum absolute atomic E-state index is 3.49. The first kappa shape index (κ1) is 14.0. The Morgan fingerprint density at radius 1 is 1.19 bits per heavy atom. The van der Waals surface area contributed by atoms with Crippen LogP contribution in [0.2, 0.25) is 0 Å². The summed E-state index contributed by atoms with van der Waals surface area (Å²) >= 11 is 0. The van der Waals surface area contributed by atoms with Crippen molar-refractivity contribution in [3.63, 3.8) is 0 Å². The molecule has 1 aliphatic carbocycles. The highest BCUT2D eigenvalue weighted by molar-refractivity contribution is 4.84. The highest BCUT2D eigenvalue weighted by atomic mass is 15.2. The van der Waals surface area contributed by atoms with Crippen molar-refractivity contribution in [3.8, 4) is 0 Å². The van der Waals surface area contributed by atoms with E-state index in [2.05, 4.69) is 31.0 Å². The molecule has 1 saturated carbocycles. The molecule has 0 bridgehead atoms. The van der Waals surface area contributed by atoms with Gasteiger partial charge < -0.3 is 10.2 Å². The molecule has 0 aromatic heterocycles. The molecule has 2 heteroatoms. The summed E-state index contributed by atoms with van der Waals surface area (Å²) in [5.41, 5.74) is 0.